The molecule has 2 nitrogen and oxygen atoms in total. The standard InChI is InChI=1S/C13H15N.C9H13N.C2H6/c1-3-14(2)13-9-8-11-6-4-5-7-12(11)10-13;1-8(2)10-9-6-4-3-5-7-9;1-2/h4-10H,3H2,1-2H3;3-8,10H,1-2H3;1-2H3. The Balaban J connectivity index is 0.000000249. The highest BCUT2D eigenvalue weighted by molar-refractivity contribution is 5.85. The summed E-state index contributed by atoms with van der Waals surface area (Å²) < 4.78 is 0. The zero-order valence-electron chi connectivity index (χ0n) is 17.2. The van der Waals surface area contributed by atoms with Crippen LogP contribution in [-0.2, 0) is 0 Å². The third-order valence-electron chi connectivity index (χ3n) is 3.88. The average Bonchev–Trinajstić information content (AvgIpc) is 2.69. The first-order valence-corrected chi connectivity index (χ1v) is 9.61. The van der Waals surface area contributed by atoms with Gasteiger partial charge in [0.1, 0.15) is 0 Å². The van der Waals surface area contributed by atoms with Crippen LogP contribution >= 0.6 is 0 Å². The molecule has 0 aliphatic rings. The van der Waals surface area contributed by atoms with Crippen molar-refractivity contribution < 1.29 is 0 Å². The molecule has 3 aromatic carbocycles. The van der Waals surface area contributed by atoms with Crippen molar-refractivity contribution in [2.45, 2.75) is 40.7 Å². The normalized spacial score (nSPS) is 9.65. The Kier molecular flexibility index (Phi) is 9.93. The lowest BCUT2D eigenvalue weighted by atomic mass is 10.1. The molecule has 0 aliphatic heterocycles. The third-order valence-corrected chi connectivity index (χ3v) is 3.88. The van der Waals surface area contributed by atoms with E-state index in [0.717, 1.165) is 6.54 Å². The monoisotopic (exact) mass is 350 g/mol. The van der Waals surface area contributed by atoms with Gasteiger partial charge in [0.05, 0.1) is 0 Å². The predicted molar refractivity (Wildman–Crippen MR) is 119 cm³/mol. The van der Waals surface area contributed by atoms with E-state index < -0.39 is 0 Å². The molecule has 0 amide bonds. The fourth-order valence-corrected chi connectivity index (χ4v) is 2.46. The van der Waals surface area contributed by atoms with E-state index in [1.54, 1.807) is 0 Å². The molecule has 2 heteroatoms. The largest absolute Gasteiger partial charge is 0.383 e. The molecule has 0 bridgehead atoms. The summed E-state index contributed by atoms with van der Waals surface area (Å²) in [5.74, 6) is 0. The van der Waals surface area contributed by atoms with Gasteiger partial charge in [-0.15, -0.1) is 0 Å². The Bertz CT molecular complexity index is 735. The Hall–Kier alpha value is -2.48. The summed E-state index contributed by atoms with van der Waals surface area (Å²) in [6.45, 7) is 11.5. The van der Waals surface area contributed by atoms with Gasteiger partial charge in [-0.1, -0.05) is 62.4 Å². The molecule has 0 atom stereocenters. The number of fused-ring (bicyclic) bond motifs is 1. The summed E-state index contributed by atoms with van der Waals surface area (Å²) in [7, 11) is 2.12. The maximum Gasteiger partial charge on any atom is 0.0369 e. The minimum atomic E-state index is 0.516. The van der Waals surface area contributed by atoms with Gasteiger partial charge in [0.25, 0.3) is 0 Å². The van der Waals surface area contributed by atoms with Gasteiger partial charge in [-0.3, -0.25) is 0 Å². The van der Waals surface area contributed by atoms with Crippen LogP contribution in [0.5, 0.6) is 0 Å². The lowest BCUT2D eigenvalue weighted by molar-refractivity contribution is 0.900. The summed E-state index contributed by atoms with van der Waals surface area (Å²) in [5.41, 5.74) is 2.48. The minimum Gasteiger partial charge on any atom is -0.383 e. The number of nitrogens with one attached hydrogen (secondary N) is 1. The van der Waals surface area contributed by atoms with E-state index in [1.807, 2.05) is 32.0 Å². The van der Waals surface area contributed by atoms with Gasteiger partial charge in [-0.25, -0.2) is 0 Å². The zero-order chi connectivity index (χ0) is 19.4. The molecule has 0 radical (unpaired) electrons. The molecule has 0 spiro atoms. The van der Waals surface area contributed by atoms with Crippen LogP contribution in [-0.4, -0.2) is 19.6 Å². The summed E-state index contributed by atoms with van der Waals surface area (Å²) in [5, 5.41) is 5.92. The van der Waals surface area contributed by atoms with Crippen molar-refractivity contribution in [1.82, 2.24) is 0 Å². The number of rotatable bonds is 4. The first kappa shape index (κ1) is 21.6. The van der Waals surface area contributed by atoms with Crippen LogP contribution in [0.25, 0.3) is 10.8 Å². The van der Waals surface area contributed by atoms with Gasteiger partial charge in [0.2, 0.25) is 0 Å². The predicted octanol–water partition coefficient (Wildman–Crippen LogP) is 6.83. The van der Waals surface area contributed by atoms with Gasteiger partial charge < -0.3 is 10.2 Å². The van der Waals surface area contributed by atoms with Crippen LogP contribution in [0.4, 0.5) is 11.4 Å². The number of benzene rings is 3. The Labute approximate surface area is 159 Å². The Morgan fingerprint density at radius 3 is 1.96 bits per heavy atom. The van der Waals surface area contributed by atoms with E-state index in [9.17, 15) is 0 Å². The Morgan fingerprint density at radius 2 is 1.38 bits per heavy atom. The molecule has 0 heterocycles. The number of nitrogens with zero attached hydrogens (tertiary/aromatic N) is 1. The van der Waals surface area contributed by atoms with E-state index in [1.165, 1.54) is 22.1 Å². The molecule has 0 aromatic heterocycles. The second-order valence-electron chi connectivity index (χ2n) is 6.21. The van der Waals surface area contributed by atoms with Crippen molar-refractivity contribution in [3.63, 3.8) is 0 Å². The number of hydrogen-bond acceptors (Lipinski definition) is 2. The van der Waals surface area contributed by atoms with Crippen molar-refractivity contribution in [1.29, 1.82) is 0 Å². The summed E-state index contributed by atoms with van der Waals surface area (Å²) in [6.07, 6.45) is 0. The fourth-order valence-electron chi connectivity index (χ4n) is 2.46. The molecule has 140 valence electrons. The molecule has 3 aromatic rings. The van der Waals surface area contributed by atoms with Gasteiger partial charge in [-0.05, 0) is 55.8 Å². The first-order chi connectivity index (χ1) is 12.6. The first-order valence-electron chi connectivity index (χ1n) is 9.61. The molecule has 0 unspecified atom stereocenters. The SMILES string of the molecule is CC.CC(C)Nc1ccccc1.CCN(C)c1ccc2ccccc2c1. The van der Waals surface area contributed by atoms with Crippen molar-refractivity contribution >= 4 is 22.1 Å². The summed E-state index contributed by atoms with van der Waals surface area (Å²) in [4.78, 5) is 2.24. The highest BCUT2D eigenvalue weighted by Gasteiger charge is 1.98. The molecule has 1 N–H and O–H groups in total. The molecule has 3 rings (SSSR count). The highest BCUT2D eigenvalue weighted by atomic mass is 15.1. The zero-order valence-corrected chi connectivity index (χ0v) is 17.2. The van der Waals surface area contributed by atoms with Gasteiger partial charge in [-0.2, -0.15) is 0 Å². The minimum absolute atomic E-state index is 0.516. The second-order valence-corrected chi connectivity index (χ2v) is 6.21. The lowest BCUT2D eigenvalue weighted by Crippen LogP contribution is -2.15. The van der Waals surface area contributed by atoms with Crippen molar-refractivity contribution in [2.24, 2.45) is 0 Å². The average molecular weight is 351 g/mol. The van der Waals surface area contributed by atoms with E-state index in [4.69, 9.17) is 0 Å². The molecule has 0 fully saturated rings. The van der Waals surface area contributed by atoms with Crippen molar-refractivity contribution in [3.05, 3.63) is 72.8 Å². The topological polar surface area (TPSA) is 15.3 Å². The molecule has 26 heavy (non-hydrogen) atoms. The maximum atomic E-state index is 3.30. The van der Waals surface area contributed by atoms with Crippen LogP contribution in [0.3, 0.4) is 0 Å². The van der Waals surface area contributed by atoms with Gasteiger partial charge in [0.15, 0.2) is 0 Å². The Morgan fingerprint density at radius 1 is 0.808 bits per heavy atom. The fraction of sp³-hybridized carbons (Fsp3) is 0.333. The highest BCUT2D eigenvalue weighted by Crippen LogP contribution is 2.20. The summed E-state index contributed by atoms with van der Waals surface area (Å²) >= 11 is 0. The number of hydrogen-bond donors (Lipinski definition) is 1. The quantitative estimate of drug-likeness (QED) is 0.555. The van der Waals surface area contributed by atoms with Gasteiger partial charge in [0, 0.05) is 31.0 Å². The molecule has 0 aliphatic carbocycles. The van der Waals surface area contributed by atoms with Crippen LogP contribution in [0.2, 0.25) is 0 Å². The molecule has 0 saturated heterocycles. The number of para-hydroxylation sites is 1. The van der Waals surface area contributed by atoms with Crippen LogP contribution < -0.4 is 10.2 Å². The van der Waals surface area contributed by atoms with E-state index in [2.05, 4.69) is 92.6 Å². The smallest absolute Gasteiger partial charge is 0.0369 e. The van der Waals surface area contributed by atoms with E-state index in [0.29, 0.717) is 6.04 Å². The maximum absolute atomic E-state index is 3.30. The molecular weight excluding hydrogens is 316 g/mol. The van der Waals surface area contributed by atoms with Crippen molar-refractivity contribution in [2.75, 3.05) is 23.8 Å². The van der Waals surface area contributed by atoms with Crippen molar-refractivity contribution in [3.8, 4) is 0 Å². The van der Waals surface area contributed by atoms with Gasteiger partial charge >= 0.3 is 0 Å². The molecular formula is C24H34N2. The summed E-state index contributed by atoms with van der Waals surface area (Å²) in [6, 6.07) is 25.8. The van der Waals surface area contributed by atoms with Crippen LogP contribution in [0.1, 0.15) is 34.6 Å². The lowest BCUT2D eigenvalue weighted by Gasteiger charge is -2.17. The van der Waals surface area contributed by atoms with Crippen LogP contribution in [0.15, 0.2) is 72.8 Å². The number of anilines is 2. The van der Waals surface area contributed by atoms with Crippen LogP contribution in [0, 0.1) is 0 Å². The van der Waals surface area contributed by atoms with E-state index in [-0.39, 0.29) is 0 Å². The third kappa shape index (κ3) is 7.18. The second kappa shape index (κ2) is 12.0. The molecule has 0 saturated carbocycles. The van der Waals surface area contributed by atoms with E-state index >= 15 is 0 Å².